The van der Waals surface area contributed by atoms with Crippen molar-refractivity contribution < 1.29 is 22.3 Å². The summed E-state index contributed by atoms with van der Waals surface area (Å²) in [5.74, 6) is -4.59. The van der Waals surface area contributed by atoms with Crippen LogP contribution in [0.1, 0.15) is 37.8 Å². The van der Waals surface area contributed by atoms with Crippen LogP contribution in [-0.2, 0) is 4.74 Å². The summed E-state index contributed by atoms with van der Waals surface area (Å²) >= 11 is 0. The van der Waals surface area contributed by atoms with Gasteiger partial charge in [0.25, 0.3) is 0 Å². The van der Waals surface area contributed by atoms with E-state index >= 15 is 0 Å². The minimum atomic E-state index is -1.15. The Labute approximate surface area is 158 Å². The summed E-state index contributed by atoms with van der Waals surface area (Å²) in [5, 5.41) is 0. The monoisotopic (exact) mass is 382 g/mol. The molecule has 0 aliphatic heterocycles. The van der Waals surface area contributed by atoms with Gasteiger partial charge >= 0.3 is 0 Å². The smallest absolute Gasteiger partial charge is 0.200 e. The van der Waals surface area contributed by atoms with Crippen molar-refractivity contribution in [1.29, 1.82) is 0 Å². The number of halogens is 4. The van der Waals surface area contributed by atoms with Crippen molar-refractivity contribution in [3.8, 4) is 0 Å². The Bertz CT molecular complexity index is 762. The summed E-state index contributed by atoms with van der Waals surface area (Å²) in [7, 11) is 1.21. The summed E-state index contributed by atoms with van der Waals surface area (Å²) in [6.07, 6.45) is 4.50. The van der Waals surface area contributed by atoms with Crippen molar-refractivity contribution in [2.45, 2.75) is 33.6 Å². The van der Waals surface area contributed by atoms with Gasteiger partial charge in [-0.2, -0.15) is 4.39 Å². The number of hydrogen-bond acceptors (Lipinski definition) is 1. The molecule has 0 aliphatic carbocycles. The molecule has 0 heterocycles. The van der Waals surface area contributed by atoms with Crippen molar-refractivity contribution in [3.05, 3.63) is 77.1 Å². The molecule has 0 fully saturated rings. The molecule has 0 amide bonds. The second kappa shape index (κ2) is 10.1. The maximum atomic E-state index is 14.1. The number of methoxy groups -OCH3 is 1. The van der Waals surface area contributed by atoms with E-state index < -0.39 is 23.3 Å². The van der Waals surface area contributed by atoms with Gasteiger partial charge in [-0.1, -0.05) is 51.3 Å². The van der Waals surface area contributed by atoms with Crippen LogP contribution >= 0.6 is 0 Å². The maximum Gasteiger partial charge on any atom is 0.200 e. The van der Waals surface area contributed by atoms with Gasteiger partial charge < -0.3 is 4.74 Å². The largest absolute Gasteiger partial charge is 0.494 e. The van der Waals surface area contributed by atoms with Crippen molar-refractivity contribution in [3.63, 3.8) is 0 Å². The fourth-order valence-corrected chi connectivity index (χ4v) is 2.41. The molecular weight excluding hydrogens is 356 g/mol. The van der Waals surface area contributed by atoms with E-state index in [9.17, 15) is 17.6 Å². The van der Waals surface area contributed by atoms with Gasteiger partial charge in [0, 0.05) is 5.56 Å². The minimum Gasteiger partial charge on any atom is -0.494 e. The predicted octanol–water partition coefficient (Wildman–Crippen LogP) is 7.21. The maximum absolute atomic E-state index is 14.1. The fourth-order valence-electron chi connectivity index (χ4n) is 2.41. The molecule has 1 rings (SSSR count). The van der Waals surface area contributed by atoms with Gasteiger partial charge in [0.15, 0.2) is 23.3 Å². The van der Waals surface area contributed by atoms with E-state index in [2.05, 4.69) is 17.9 Å². The lowest BCUT2D eigenvalue weighted by Gasteiger charge is -2.16. The standard InChI is InChI=1S/C22H26F4O/c1-13(8-11-18-12-10-15(3)19(23)22(18)26)7-9-14(2)16(4)20(24)21(25)17(5)27-6/h8,10-14H,4-5,7,9H2,1-3,6H3/b11-8+,21-20-. The molecule has 0 radical (unpaired) electrons. The Hall–Kier alpha value is -2.30. The zero-order chi connectivity index (χ0) is 20.7. The van der Waals surface area contributed by atoms with E-state index in [1.165, 1.54) is 32.2 Å². The van der Waals surface area contributed by atoms with Crippen molar-refractivity contribution in [1.82, 2.24) is 0 Å². The fraction of sp³-hybridized carbons (Fsp3) is 0.364. The van der Waals surface area contributed by atoms with E-state index in [1.807, 2.05) is 6.92 Å². The first kappa shape index (κ1) is 22.7. The highest BCUT2D eigenvalue weighted by Crippen LogP contribution is 2.30. The van der Waals surface area contributed by atoms with Crippen LogP contribution in [0.15, 0.2) is 54.4 Å². The lowest BCUT2D eigenvalue weighted by Crippen LogP contribution is -2.04. The molecule has 1 aromatic rings. The van der Waals surface area contributed by atoms with Crippen LogP contribution in [0.5, 0.6) is 0 Å². The van der Waals surface area contributed by atoms with Crippen molar-refractivity contribution in [2.75, 3.05) is 7.11 Å². The van der Waals surface area contributed by atoms with Crippen molar-refractivity contribution >= 4 is 6.08 Å². The lowest BCUT2D eigenvalue weighted by atomic mass is 9.91. The Morgan fingerprint density at radius 3 is 2.30 bits per heavy atom. The molecule has 148 valence electrons. The van der Waals surface area contributed by atoms with Gasteiger partial charge in [-0.25, -0.2) is 13.2 Å². The molecule has 0 aromatic heterocycles. The molecule has 1 aromatic carbocycles. The number of hydrogen-bond donors (Lipinski definition) is 0. The first-order valence-electron chi connectivity index (χ1n) is 8.70. The average molecular weight is 382 g/mol. The number of benzene rings is 1. The van der Waals surface area contributed by atoms with E-state index in [-0.39, 0.29) is 34.3 Å². The van der Waals surface area contributed by atoms with Crippen LogP contribution in [0.4, 0.5) is 17.6 Å². The van der Waals surface area contributed by atoms with Crippen LogP contribution in [-0.4, -0.2) is 7.11 Å². The first-order chi connectivity index (χ1) is 12.6. The second-order valence-electron chi connectivity index (χ2n) is 6.69. The van der Waals surface area contributed by atoms with Gasteiger partial charge in [-0.3, -0.25) is 0 Å². The van der Waals surface area contributed by atoms with E-state index in [0.717, 1.165) is 0 Å². The average Bonchev–Trinajstić information content (AvgIpc) is 2.67. The molecule has 0 N–H and O–H groups in total. The van der Waals surface area contributed by atoms with Crippen LogP contribution in [0.3, 0.4) is 0 Å². The number of allylic oxidation sites excluding steroid dienone is 4. The van der Waals surface area contributed by atoms with E-state index in [4.69, 9.17) is 0 Å². The van der Waals surface area contributed by atoms with Gasteiger partial charge in [0.2, 0.25) is 0 Å². The molecule has 2 atom stereocenters. The SMILES string of the molecule is C=C(OC)/C(F)=C(/F)C(=C)C(C)CCC(C)/C=C/c1ccc(C)c(F)c1F. The highest BCUT2D eigenvalue weighted by molar-refractivity contribution is 5.51. The Balaban J connectivity index is 2.69. The molecule has 2 unspecified atom stereocenters. The molecule has 27 heavy (non-hydrogen) atoms. The number of ether oxygens (including phenoxy) is 1. The highest BCUT2D eigenvalue weighted by Gasteiger charge is 2.19. The number of aryl methyl sites for hydroxylation is 1. The van der Waals surface area contributed by atoms with Crippen LogP contribution in [0, 0.1) is 30.4 Å². The third-order valence-corrected chi connectivity index (χ3v) is 4.53. The quantitative estimate of drug-likeness (QED) is 0.249. The molecular formula is C22H26F4O. The Morgan fingerprint density at radius 1 is 1.07 bits per heavy atom. The molecule has 0 saturated heterocycles. The van der Waals surface area contributed by atoms with Gasteiger partial charge in [-0.05, 0) is 42.7 Å². The molecule has 5 heteroatoms. The molecule has 0 spiro atoms. The summed E-state index contributed by atoms with van der Waals surface area (Å²) in [6, 6.07) is 3.04. The van der Waals surface area contributed by atoms with Gasteiger partial charge in [0.05, 0.1) is 7.11 Å². The van der Waals surface area contributed by atoms with Crippen LogP contribution < -0.4 is 0 Å². The van der Waals surface area contributed by atoms with Crippen LogP contribution in [0.25, 0.3) is 6.08 Å². The summed E-state index contributed by atoms with van der Waals surface area (Å²) in [6.45, 7) is 12.1. The van der Waals surface area contributed by atoms with Crippen LogP contribution in [0.2, 0.25) is 0 Å². The van der Waals surface area contributed by atoms with Crippen molar-refractivity contribution in [2.24, 2.45) is 11.8 Å². The number of rotatable bonds is 9. The lowest BCUT2D eigenvalue weighted by molar-refractivity contribution is 0.280. The van der Waals surface area contributed by atoms with Gasteiger partial charge in [-0.15, -0.1) is 0 Å². The molecule has 1 nitrogen and oxygen atoms in total. The molecule has 0 bridgehead atoms. The highest BCUT2D eigenvalue weighted by atomic mass is 19.2. The second-order valence-corrected chi connectivity index (χ2v) is 6.69. The first-order valence-corrected chi connectivity index (χ1v) is 8.70. The molecule has 0 saturated carbocycles. The Morgan fingerprint density at radius 2 is 1.70 bits per heavy atom. The van der Waals surface area contributed by atoms with E-state index in [0.29, 0.717) is 12.8 Å². The Kier molecular flexibility index (Phi) is 8.54. The van der Waals surface area contributed by atoms with Gasteiger partial charge in [0.1, 0.15) is 5.76 Å². The summed E-state index contributed by atoms with van der Waals surface area (Å²) in [4.78, 5) is 0. The third-order valence-electron chi connectivity index (χ3n) is 4.53. The summed E-state index contributed by atoms with van der Waals surface area (Å²) in [5.41, 5.74) is 0.466. The van der Waals surface area contributed by atoms with E-state index in [1.54, 1.807) is 13.0 Å². The zero-order valence-electron chi connectivity index (χ0n) is 16.2. The molecule has 0 aliphatic rings. The zero-order valence-corrected chi connectivity index (χ0v) is 16.2. The predicted molar refractivity (Wildman–Crippen MR) is 102 cm³/mol. The summed E-state index contributed by atoms with van der Waals surface area (Å²) < 4.78 is 59.8. The third kappa shape index (κ3) is 6.12. The topological polar surface area (TPSA) is 9.23 Å². The minimum absolute atomic E-state index is 0.0357. The normalized spacial score (nSPS) is 14.7.